The second-order valence-electron chi connectivity index (χ2n) is 25.8. The summed E-state index contributed by atoms with van der Waals surface area (Å²) in [5, 5.41) is 52.1. The Labute approximate surface area is 499 Å². The van der Waals surface area contributed by atoms with Crippen LogP contribution in [0.15, 0.2) is 0 Å². The van der Waals surface area contributed by atoms with E-state index in [1.54, 1.807) is 83.1 Å². The fourth-order valence-electron chi connectivity index (χ4n) is 8.99. The molecular weight excluding hydrogens is 1150 g/mol. The van der Waals surface area contributed by atoms with Gasteiger partial charge < -0.3 is 99.0 Å². The second kappa shape index (κ2) is 30.8. The van der Waals surface area contributed by atoms with E-state index >= 15 is 0 Å². The topological polar surface area (TPSA) is 420 Å². The number of carbonyl (C=O) groups is 9. The van der Waals surface area contributed by atoms with E-state index < -0.39 is 198 Å². The van der Waals surface area contributed by atoms with Gasteiger partial charge in [-0.15, -0.1) is 0 Å². The van der Waals surface area contributed by atoms with Gasteiger partial charge in [0.05, 0.1) is 24.2 Å². The summed E-state index contributed by atoms with van der Waals surface area (Å²) in [6.07, 6.45) is -26.3. The quantitative estimate of drug-likeness (QED) is 0.0376. The summed E-state index contributed by atoms with van der Waals surface area (Å²) in [7, 11) is 0. The molecule has 0 aromatic heterocycles. The summed E-state index contributed by atoms with van der Waals surface area (Å²) in [4.78, 5) is 131. The number of hydrogen-bond donors (Lipinski definition) is 8. The Bertz CT molecular complexity index is 2360. The van der Waals surface area contributed by atoms with Crippen LogP contribution < -0.4 is 31.9 Å². The molecule has 3 aliphatic rings. The van der Waals surface area contributed by atoms with Crippen LogP contribution >= 0.6 is 0 Å². The maximum atomic E-state index is 14.6. The molecule has 0 radical (unpaired) electrons. The number of nitrogens with one attached hydrogen (secondary N) is 6. The summed E-state index contributed by atoms with van der Waals surface area (Å²) in [5.74, 6) is -4.21. The van der Waals surface area contributed by atoms with Gasteiger partial charge in [0.15, 0.2) is 30.9 Å². The SMILES string of the molecule is CC(=O)OC1[C@H](O[C@H]2C(O)C(O[C@@H]3OC(CNC(=O)OC(C)(C)C)CCC3NC(=O)OC(C)(C)C)[C@@H](NC(=O)OC(C)(C)C)C[C@H]2NC(=O)[C@H](CCNC(=O)OC(C)(C)C)OC(C)=O)OC(C(O)C[N+](=O)[O-])[C@H](OC(C)=O)[C@@H]1NC(=O)OC(C)(C)C. The second-order valence-corrected chi connectivity index (χ2v) is 25.8. The van der Waals surface area contributed by atoms with Crippen molar-refractivity contribution in [3.8, 4) is 0 Å². The predicted molar refractivity (Wildman–Crippen MR) is 296 cm³/mol. The first kappa shape index (κ1) is 73.6. The van der Waals surface area contributed by atoms with Crippen LogP contribution in [0.1, 0.15) is 150 Å². The van der Waals surface area contributed by atoms with E-state index in [9.17, 15) is 63.5 Å². The van der Waals surface area contributed by atoms with Crippen molar-refractivity contribution in [3.63, 3.8) is 0 Å². The monoisotopic (exact) mass is 1240 g/mol. The molecule has 3 rings (SSSR count). The lowest BCUT2D eigenvalue weighted by atomic mass is 9.82. The fourth-order valence-corrected chi connectivity index (χ4v) is 8.99. The number of carbonyl (C=O) groups excluding carboxylic acids is 9. The molecule has 2 saturated heterocycles. The van der Waals surface area contributed by atoms with E-state index in [0.29, 0.717) is 0 Å². The molecule has 8 N–H and O–H groups in total. The molecule has 86 heavy (non-hydrogen) atoms. The first-order valence-corrected chi connectivity index (χ1v) is 28.1. The standard InChI is InChI=1S/C54H91N7O25/c1-26(62)75-34(21-22-55-45(68)82-50(4,5)6)42(67)57-31-23-32(59-48(71)85-53(13,14)15)38(79-43-30(58-47(70)84-52(10,11)12)20-19-29(78-43)24-56-46(69)83-51(7,8)9)36(66)37(31)80-44-41(77-28(3)64)35(60-49(72)86-54(16,17)18)40(76-27(2)63)39(81-44)33(65)25-61(73)74/h29-41,43-44,65-66H,19-25H2,1-18H3,(H,55,68)(H,56,69)(H,57,67)(H,58,70)(H,59,71)(H,60,72)/t29?,30?,31-,32+,33?,34+,35+,36?,37-,38?,39?,40-,41?,43+,44-/m1/s1. The van der Waals surface area contributed by atoms with Gasteiger partial charge >= 0.3 is 48.4 Å². The van der Waals surface area contributed by atoms with E-state index in [4.69, 9.17) is 56.8 Å². The molecule has 32 heteroatoms. The third-order valence-electron chi connectivity index (χ3n) is 11.9. The van der Waals surface area contributed by atoms with Gasteiger partial charge in [0.1, 0.15) is 64.6 Å². The van der Waals surface area contributed by atoms with E-state index in [2.05, 4.69) is 31.9 Å². The number of aliphatic hydroxyl groups is 2. The lowest BCUT2D eigenvalue weighted by molar-refractivity contribution is -0.495. The van der Waals surface area contributed by atoms with Gasteiger partial charge in [-0.2, -0.15) is 0 Å². The van der Waals surface area contributed by atoms with Crippen LogP contribution in [0.25, 0.3) is 0 Å². The van der Waals surface area contributed by atoms with Crippen molar-refractivity contribution in [2.75, 3.05) is 19.6 Å². The minimum atomic E-state index is -2.22. The number of hydrogen-bond acceptors (Lipinski definition) is 25. The Balaban J connectivity index is 2.39. The normalized spacial score (nSPS) is 27.0. The minimum Gasteiger partial charge on any atom is -0.457 e. The average Bonchev–Trinajstić information content (AvgIpc) is 1.11. The zero-order chi connectivity index (χ0) is 65.6. The summed E-state index contributed by atoms with van der Waals surface area (Å²) in [6, 6.07) is -6.16. The number of nitro groups is 1. The maximum absolute atomic E-state index is 14.6. The minimum absolute atomic E-state index is 0.0693. The van der Waals surface area contributed by atoms with Crippen LogP contribution in [0.4, 0.5) is 24.0 Å². The lowest BCUT2D eigenvalue weighted by Gasteiger charge is -2.50. The number of ether oxygens (including phenoxy) is 12. The Morgan fingerprint density at radius 2 is 1.00 bits per heavy atom. The molecule has 0 spiro atoms. The highest BCUT2D eigenvalue weighted by atomic mass is 16.7. The molecule has 32 nitrogen and oxygen atoms in total. The van der Waals surface area contributed by atoms with Gasteiger partial charge in [0.2, 0.25) is 6.54 Å². The van der Waals surface area contributed by atoms with Crippen molar-refractivity contribution in [2.45, 2.75) is 270 Å². The molecule has 3 fully saturated rings. The summed E-state index contributed by atoms with van der Waals surface area (Å²) >= 11 is 0. The van der Waals surface area contributed by atoms with Gasteiger partial charge in [-0.1, -0.05) is 0 Å². The largest absolute Gasteiger partial charge is 0.457 e. The first-order chi connectivity index (χ1) is 39.3. The van der Waals surface area contributed by atoms with E-state index in [1.165, 1.54) is 20.8 Å². The molecule has 15 atom stereocenters. The number of amides is 6. The molecule has 492 valence electrons. The summed E-state index contributed by atoms with van der Waals surface area (Å²) < 4.78 is 69.9. The number of esters is 3. The van der Waals surface area contributed by atoms with Crippen LogP contribution in [0.2, 0.25) is 0 Å². The van der Waals surface area contributed by atoms with Crippen molar-refractivity contribution < 1.29 is 115 Å². The van der Waals surface area contributed by atoms with Crippen molar-refractivity contribution in [3.05, 3.63) is 10.1 Å². The van der Waals surface area contributed by atoms with E-state index in [1.807, 2.05) is 0 Å². The summed E-state index contributed by atoms with van der Waals surface area (Å²) in [6.45, 7) is 24.9. The first-order valence-electron chi connectivity index (χ1n) is 28.1. The molecule has 7 unspecified atom stereocenters. The third kappa shape index (κ3) is 26.6. The number of aliphatic hydroxyl groups excluding tert-OH is 2. The number of rotatable bonds is 20. The molecule has 2 aliphatic heterocycles. The van der Waals surface area contributed by atoms with Crippen molar-refractivity contribution in [1.29, 1.82) is 0 Å². The molecule has 0 aromatic carbocycles. The smallest absolute Gasteiger partial charge is 0.408 e. The Morgan fingerprint density at radius 3 is 1.48 bits per heavy atom. The zero-order valence-corrected chi connectivity index (χ0v) is 52.3. The average molecular weight is 1240 g/mol. The van der Waals surface area contributed by atoms with Gasteiger partial charge in [-0.3, -0.25) is 29.3 Å². The molecule has 1 aliphatic carbocycles. The van der Waals surface area contributed by atoms with Crippen LogP contribution in [-0.2, 0) is 76.0 Å². The molecule has 6 amide bonds. The Morgan fingerprint density at radius 1 is 0.558 bits per heavy atom. The fraction of sp³-hybridized carbons (Fsp3) is 0.833. The summed E-state index contributed by atoms with van der Waals surface area (Å²) in [5.41, 5.74) is -5.16. The Kier molecular flexibility index (Phi) is 26.4. The van der Waals surface area contributed by atoms with E-state index in [-0.39, 0.29) is 25.9 Å². The number of nitrogens with zero attached hydrogens (tertiary/aromatic N) is 1. The van der Waals surface area contributed by atoms with Crippen LogP contribution in [-0.4, -0.2) is 209 Å². The maximum Gasteiger partial charge on any atom is 0.408 e. The van der Waals surface area contributed by atoms with Crippen LogP contribution in [0.5, 0.6) is 0 Å². The highest BCUT2D eigenvalue weighted by Crippen LogP contribution is 2.36. The molecule has 0 aromatic rings. The lowest BCUT2D eigenvalue weighted by Crippen LogP contribution is -2.72. The number of alkyl carbamates (subject to hydrolysis) is 5. The van der Waals surface area contributed by atoms with Gasteiger partial charge in [0.25, 0.3) is 5.91 Å². The molecule has 2 heterocycles. The molecule has 0 bridgehead atoms. The highest BCUT2D eigenvalue weighted by molar-refractivity contribution is 5.84. The van der Waals surface area contributed by atoms with Crippen molar-refractivity contribution in [2.24, 2.45) is 0 Å². The van der Waals surface area contributed by atoms with Gasteiger partial charge in [0, 0.05) is 45.2 Å². The molecular formula is C54H91N7O25. The predicted octanol–water partition coefficient (Wildman–Crippen LogP) is 2.79. The Hall–Kier alpha value is -6.61. The molecule has 1 saturated carbocycles. The van der Waals surface area contributed by atoms with E-state index in [0.717, 1.165) is 20.8 Å². The zero-order valence-electron chi connectivity index (χ0n) is 52.3. The van der Waals surface area contributed by atoms with Crippen molar-refractivity contribution >= 4 is 54.3 Å². The van der Waals surface area contributed by atoms with Crippen LogP contribution in [0.3, 0.4) is 0 Å². The van der Waals surface area contributed by atoms with Crippen LogP contribution in [0, 0.1) is 10.1 Å². The van der Waals surface area contributed by atoms with Gasteiger partial charge in [-0.05, 0) is 123 Å². The third-order valence-corrected chi connectivity index (χ3v) is 11.9. The van der Waals surface area contributed by atoms with Gasteiger partial charge in [-0.25, -0.2) is 24.0 Å². The van der Waals surface area contributed by atoms with Crippen molar-refractivity contribution in [1.82, 2.24) is 31.9 Å². The highest BCUT2D eigenvalue weighted by Gasteiger charge is 2.58.